The van der Waals surface area contributed by atoms with Gasteiger partial charge in [-0.05, 0) is 55.7 Å². The van der Waals surface area contributed by atoms with Gasteiger partial charge in [0.2, 0.25) is 0 Å². The number of nitrogens with one attached hydrogen (secondary N) is 1. The molecule has 3 heteroatoms. The van der Waals surface area contributed by atoms with E-state index in [-0.39, 0.29) is 0 Å². The molecule has 3 atom stereocenters. The molecule has 1 nitrogen and oxygen atoms in total. The van der Waals surface area contributed by atoms with Gasteiger partial charge in [-0.1, -0.05) is 48.2 Å². The predicted molar refractivity (Wildman–Crippen MR) is 82.0 cm³/mol. The van der Waals surface area contributed by atoms with Gasteiger partial charge in [0.15, 0.2) is 0 Å². The second-order valence-corrected chi connectivity index (χ2v) is 6.79. The van der Waals surface area contributed by atoms with E-state index in [4.69, 9.17) is 23.2 Å². The van der Waals surface area contributed by atoms with E-state index in [9.17, 15) is 0 Å². The van der Waals surface area contributed by atoms with Gasteiger partial charge in [0.25, 0.3) is 0 Å². The number of hydrogen-bond donors (Lipinski definition) is 1. The molecule has 0 amide bonds. The second-order valence-electron chi connectivity index (χ2n) is 6.00. The molecule has 104 valence electrons. The van der Waals surface area contributed by atoms with Crippen LogP contribution in [0.4, 0.5) is 0 Å². The minimum atomic E-state index is 0.545. The Labute approximate surface area is 125 Å². The van der Waals surface area contributed by atoms with Gasteiger partial charge in [-0.3, -0.25) is 0 Å². The Bertz CT molecular complexity index is 448. The third kappa shape index (κ3) is 2.66. The van der Waals surface area contributed by atoms with E-state index < -0.39 is 0 Å². The van der Waals surface area contributed by atoms with E-state index in [0.29, 0.717) is 11.1 Å². The monoisotopic (exact) mass is 297 g/mol. The summed E-state index contributed by atoms with van der Waals surface area (Å²) in [6.45, 7) is 0. The molecule has 1 aromatic rings. The number of fused-ring (bicyclic) bond motifs is 1. The highest BCUT2D eigenvalue weighted by Gasteiger charge is 2.53. The molecule has 0 bridgehead atoms. The average Bonchev–Trinajstić information content (AvgIpc) is 3.15. The van der Waals surface area contributed by atoms with Crippen molar-refractivity contribution in [3.8, 4) is 0 Å². The molecule has 2 aliphatic carbocycles. The fraction of sp³-hybridized carbons (Fsp3) is 0.625. The van der Waals surface area contributed by atoms with Crippen molar-refractivity contribution in [3.63, 3.8) is 0 Å². The van der Waals surface area contributed by atoms with E-state index in [1.165, 1.54) is 31.2 Å². The molecule has 1 aromatic carbocycles. The zero-order valence-corrected chi connectivity index (χ0v) is 12.8. The van der Waals surface area contributed by atoms with Gasteiger partial charge in [0.1, 0.15) is 0 Å². The van der Waals surface area contributed by atoms with Crippen LogP contribution >= 0.6 is 23.2 Å². The lowest BCUT2D eigenvalue weighted by molar-refractivity contribution is 0.460. The van der Waals surface area contributed by atoms with Gasteiger partial charge in [0, 0.05) is 6.04 Å². The van der Waals surface area contributed by atoms with E-state index >= 15 is 0 Å². The first-order valence-electron chi connectivity index (χ1n) is 7.32. The molecule has 0 aliphatic heterocycles. The zero-order valence-electron chi connectivity index (χ0n) is 11.3. The van der Waals surface area contributed by atoms with Crippen LogP contribution in [0.3, 0.4) is 0 Å². The molecule has 19 heavy (non-hydrogen) atoms. The van der Waals surface area contributed by atoms with Crippen LogP contribution in [0.2, 0.25) is 10.0 Å². The first kappa shape index (κ1) is 13.7. The minimum Gasteiger partial charge on any atom is -0.316 e. The third-order valence-electron chi connectivity index (χ3n) is 5.03. The molecule has 1 N–H and O–H groups in total. The van der Waals surface area contributed by atoms with Gasteiger partial charge >= 0.3 is 0 Å². The van der Waals surface area contributed by atoms with Gasteiger partial charge < -0.3 is 5.32 Å². The zero-order chi connectivity index (χ0) is 13.4. The van der Waals surface area contributed by atoms with Crippen molar-refractivity contribution >= 4 is 23.2 Å². The Kier molecular flexibility index (Phi) is 4.07. The van der Waals surface area contributed by atoms with Crippen molar-refractivity contribution in [1.82, 2.24) is 5.32 Å². The molecule has 3 rings (SSSR count). The predicted octanol–water partition coefficient (Wildman–Crippen LogP) is 4.56. The van der Waals surface area contributed by atoms with Crippen LogP contribution in [0, 0.1) is 17.8 Å². The SMILES string of the molecule is CNC(Cc1cccc(Cl)c1Cl)C1C2CCCCC21. The highest BCUT2D eigenvalue weighted by atomic mass is 35.5. The highest BCUT2D eigenvalue weighted by molar-refractivity contribution is 6.42. The first-order valence-corrected chi connectivity index (χ1v) is 8.08. The first-order chi connectivity index (χ1) is 9.22. The van der Waals surface area contributed by atoms with Crippen molar-refractivity contribution in [1.29, 1.82) is 0 Å². The average molecular weight is 298 g/mol. The van der Waals surface area contributed by atoms with Crippen LogP contribution < -0.4 is 5.32 Å². The van der Waals surface area contributed by atoms with E-state index in [1.54, 1.807) is 0 Å². The second kappa shape index (κ2) is 5.63. The Morgan fingerprint density at radius 1 is 1.21 bits per heavy atom. The fourth-order valence-corrected chi connectivity index (χ4v) is 4.42. The summed E-state index contributed by atoms with van der Waals surface area (Å²) in [5, 5.41) is 4.91. The Hall–Kier alpha value is -0.240. The van der Waals surface area contributed by atoms with Crippen LogP contribution in [0.1, 0.15) is 31.2 Å². The largest absolute Gasteiger partial charge is 0.316 e. The summed E-state index contributed by atoms with van der Waals surface area (Å²) in [6.07, 6.45) is 6.69. The van der Waals surface area contributed by atoms with Crippen LogP contribution in [0.15, 0.2) is 18.2 Å². The number of likely N-dealkylation sites (N-methyl/N-ethyl adjacent to an activating group) is 1. The summed E-state index contributed by atoms with van der Waals surface area (Å²) in [7, 11) is 2.08. The summed E-state index contributed by atoms with van der Waals surface area (Å²) >= 11 is 12.4. The summed E-state index contributed by atoms with van der Waals surface area (Å²) in [5.41, 5.74) is 1.18. The van der Waals surface area contributed by atoms with E-state index in [2.05, 4.69) is 18.4 Å². The van der Waals surface area contributed by atoms with Crippen molar-refractivity contribution in [2.75, 3.05) is 7.05 Å². The highest BCUT2D eigenvalue weighted by Crippen LogP contribution is 2.57. The molecule has 0 radical (unpaired) electrons. The molecule has 2 saturated carbocycles. The van der Waals surface area contributed by atoms with Crippen molar-refractivity contribution in [3.05, 3.63) is 33.8 Å². The topological polar surface area (TPSA) is 12.0 Å². The van der Waals surface area contributed by atoms with Crippen LogP contribution in [0.5, 0.6) is 0 Å². The fourth-order valence-electron chi connectivity index (χ4n) is 4.02. The van der Waals surface area contributed by atoms with Gasteiger partial charge in [-0.2, -0.15) is 0 Å². The minimum absolute atomic E-state index is 0.545. The Morgan fingerprint density at radius 2 is 1.89 bits per heavy atom. The Morgan fingerprint density at radius 3 is 2.53 bits per heavy atom. The lowest BCUT2D eigenvalue weighted by atomic mass is 10.00. The van der Waals surface area contributed by atoms with Crippen LogP contribution in [-0.4, -0.2) is 13.1 Å². The molecular formula is C16H21Cl2N. The standard InChI is InChI=1S/C16H21Cl2N/c1-19-14(15-11-6-2-3-7-12(11)15)9-10-5-4-8-13(17)16(10)18/h4-5,8,11-12,14-15,19H,2-3,6-7,9H2,1H3. The van der Waals surface area contributed by atoms with Crippen molar-refractivity contribution < 1.29 is 0 Å². The number of halogens is 2. The van der Waals surface area contributed by atoms with E-state index in [1.807, 2.05) is 12.1 Å². The smallest absolute Gasteiger partial charge is 0.0624 e. The molecule has 0 spiro atoms. The third-order valence-corrected chi connectivity index (χ3v) is 5.89. The summed E-state index contributed by atoms with van der Waals surface area (Å²) in [5.74, 6) is 2.77. The molecule has 2 fully saturated rings. The quantitative estimate of drug-likeness (QED) is 0.859. The van der Waals surface area contributed by atoms with Gasteiger partial charge in [-0.15, -0.1) is 0 Å². The summed E-state index contributed by atoms with van der Waals surface area (Å²) in [6, 6.07) is 6.50. The van der Waals surface area contributed by atoms with Crippen molar-refractivity contribution in [2.24, 2.45) is 17.8 Å². The lowest BCUT2D eigenvalue weighted by Gasteiger charge is -2.18. The normalized spacial score (nSPS) is 30.8. The summed E-state index contributed by atoms with van der Waals surface area (Å²) in [4.78, 5) is 0. The number of benzene rings is 1. The molecule has 0 heterocycles. The molecule has 3 unspecified atom stereocenters. The maximum Gasteiger partial charge on any atom is 0.0624 e. The number of rotatable bonds is 4. The molecule has 0 saturated heterocycles. The summed E-state index contributed by atoms with van der Waals surface area (Å²) < 4.78 is 0. The van der Waals surface area contributed by atoms with Crippen LogP contribution in [-0.2, 0) is 6.42 Å². The van der Waals surface area contributed by atoms with Gasteiger partial charge in [-0.25, -0.2) is 0 Å². The molecular weight excluding hydrogens is 277 g/mol. The Balaban J connectivity index is 1.72. The number of hydrogen-bond acceptors (Lipinski definition) is 1. The van der Waals surface area contributed by atoms with Gasteiger partial charge in [0.05, 0.1) is 10.0 Å². The lowest BCUT2D eigenvalue weighted by Crippen LogP contribution is -2.31. The maximum atomic E-state index is 6.31. The van der Waals surface area contributed by atoms with Crippen molar-refractivity contribution in [2.45, 2.75) is 38.1 Å². The van der Waals surface area contributed by atoms with E-state index in [0.717, 1.165) is 29.2 Å². The van der Waals surface area contributed by atoms with Crippen LogP contribution in [0.25, 0.3) is 0 Å². The molecule has 0 aromatic heterocycles. The maximum absolute atomic E-state index is 6.31. The molecule has 2 aliphatic rings.